The van der Waals surface area contributed by atoms with Crippen molar-refractivity contribution in [1.82, 2.24) is 18.5 Å². The standard InChI is InChI=1S/C20H28N4O4S/c1-15-13-24(14-16(2)28-15)29(26,27)23-9-7-22(8-10-23)20(25)11-17-12-21-19-6-4-3-5-18(17)19/h3-6,12,15-16,21H,7-11,13-14H2,1-2H3/t15-,16-/m0/s1. The smallest absolute Gasteiger partial charge is 0.282 e. The van der Waals surface area contributed by atoms with Crippen LogP contribution >= 0.6 is 0 Å². The summed E-state index contributed by atoms with van der Waals surface area (Å²) in [6.07, 6.45) is 1.96. The molecule has 3 heterocycles. The van der Waals surface area contributed by atoms with Gasteiger partial charge in [-0.25, -0.2) is 0 Å². The molecule has 2 fully saturated rings. The van der Waals surface area contributed by atoms with Crippen molar-refractivity contribution in [3.8, 4) is 0 Å². The normalized spacial score (nSPS) is 24.8. The molecule has 1 aromatic carbocycles. The first-order valence-corrected chi connectivity index (χ1v) is 11.5. The summed E-state index contributed by atoms with van der Waals surface area (Å²) in [7, 11) is -3.54. The number of nitrogens with zero attached hydrogens (tertiary/aromatic N) is 3. The van der Waals surface area contributed by atoms with E-state index in [0.717, 1.165) is 16.5 Å². The summed E-state index contributed by atoms with van der Waals surface area (Å²) < 4.78 is 34.6. The van der Waals surface area contributed by atoms with E-state index in [9.17, 15) is 13.2 Å². The lowest BCUT2D eigenvalue weighted by Crippen LogP contribution is -2.57. The molecule has 2 saturated heterocycles. The Morgan fingerprint density at radius 2 is 1.72 bits per heavy atom. The molecule has 9 heteroatoms. The van der Waals surface area contributed by atoms with Gasteiger partial charge in [-0.05, 0) is 25.5 Å². The number of para-hydroxylation sites is 1. The maximum absolute atomic E-state index is 13.0. The van der Waals surface area contributed by atoms with Gasteiger partial charge in [0.15, 0.2) is 0 Å². The molecule has 0 bridgehead atoms. The van der Waals surface area contributed by atoms with E-state index in [1.165, 1.54) is 8.61 Å². The second-order valence-corrected chi connectivity index (χ2v) is 9.83. The number of H-pyrrole nitrogens is 1. The van der Waals surface area contributed by atoms with Gasteiger partial charge in [0.2, 0.25) is 5.91 Å². The molecule has 29 heavy (non-hydrogen) atoms. The van der Waals surface area contributed by atoms with Crippen LogP contribution in [0.2, 0.25) is 0 Å². The lowest BCUT2D eigenvalue weighted by molar-refractivity contribution is -0.131. The van der Waals surface area contributed by atoms with Gasteiger partial charge in [0, 0.05) is 56.4 Å². The summed E-state index contributed by atoms with van der Waals surface area (Å²) >= 11 is 0. The fraction of sp³-hybridized carbons (Fsp3) is 0.550. The minimum atomic E-state index is -3.54. The Morgan fingerprint density at radius 3 is 2.41 bits per heavy atom. The second kappa shape index (κ2) is 8.06. The van der Waals surface area contributed by atoms with Crippen LogP contribution in [-0.4, -0.2) is 84.3 Å². The van der Waals surface area contributed by atoms with E-state index >= 15 is 0 Å². The molecule has 4 rings (SSSR count). The van der Waals surface area contributed by atoms with E-state index in [0.29, 0.717) is 45.7 Å². The molecule has 0 radical (unpaired) electrons. The monoisotopic (exact) mass is 420 g/mol. The summed E-state index contributed by atoms with van der Waals surface area (Å²) in [4.78, 5) is 17.7. The van der Waals surface area contributed by atoms with Crippen LogP contribution < -0.4 is 0 Å². The third kappa shape index (κ3) is 4.18. The molecule has 2 aliphatic rings. The number of carbonyl (C=O) groups excluding carboxylic acids is 1. The van der Waals surface area contributed by atoms with Gasteiger partial charge in [-0.1, -0.05) is 18.2 Å². The zero-order valence-corrected chi connectivity index (χ0v) is 17.7. The van der Waals surface area contributed by atoms with E-state index < -0.39 is 10.2 Å². The second-order valence-electron chi connectivity index (χ2n) is 7.90. The zero-order chi connectivity index (χ0) is 20.6. The van der Waals surface area contributed by atoms with E-state index in [1.807, 2.05) is 44.3 Å². The predicted molar refractivity (Wildman–Crippen MR) is 111 cm³/mol. The molecular weight excluding hydrogens is 392 g/mol. The molecule has 0 unspecified atom stereocenters. The maximum Gasteiger partial charge on any atom is 0.282 e. The summed E-state index contributed by atoms with van der Waals surface area (Å²) in [5.41, 5.74) is 1.98. The Morgan fingerprint density at radius 1 is 1.07 bits per heavy atom. The fourth-order valence-corrected chi connectivity index (χ4v) is 5.95. The molecule has 2 atom stereocenters. The number of hydrogen-bond acceptors (Lipinski definition) is 4. The number of fused-ring (bicyclic) bond motifs is 1. The average Bonchev–Trinajstić information content (AvgIpc) is 3.10. The van der Waals surface area contributed by atoms with Crippen LogP contribution in [0.4, 0.5) is 0 Å². The number of benzene rings is 1. The molecule has 158 valence electrons. The molecule has 0 aliphatic carbocycles. The lowest BCUT2D eigenvalue weighted by atomic mass is 10.1. The molecule has 0 spiro atoms. The fourth-order valence-electron chi connectivity index (χ4n) is 4.20. The number of carbonyl (C=O) groups is 1. The largest absolute Gasteiger partial charge is 0.373 e. The number of hydrogen-bond donors (Lipinski definition) is 1. The summed E-state index contributed by atoms with van der Waals surface area (Å²) in [5.74, 6) is 0.0282. The topological polar surface area (TPSA) is 86.0 Å². The van der Waals surface area contributed by atoms with Crippen LogP contribution in [0, 0.1) is 0 Å². The van der Waals surface area contributed by atoms with Gasteiger partial charge in [-0.3, -0.25) is 4.79 Å². The van der Waals surface area contributed by atoms with Gasteiger partial charge in [-0.15, -0.1) is 0 Å². The third-order valence-electron chi connectivity index (χ3n) is 5.65. The van der Waals surface area contributed by atoms with Gasteiger partial charge in [0.05, 0.1) is 18.6 Å². The molecule has 8 nitrogen and oxygen atoms in total. The number of piperazine rings is 1. The maximum atomic E-state index is 13.0. The Kier molecular flexibility index (Phi) is 5.65. The number of amides is 1. The first-order chi connectivity index (χ1) is 13.8. The van der Waals surface area contributed by atoms with Gasteiger partial charge >= 0.3 is 0 Å². The number of morpholine rings is 1. The SMILES string of the molecule is C[C@H]1CN(S(=O)(=O)N2CCN(C(=O)Cc3c[nH]c4ccccc34)CC2)C[C@H](C)O1. The van der Waals surface area contributed by atoms with Crippen molar-refractivity contribution in [2.45, 2.75) is 32.5 Å². The van der Waals surface area contributed by atoms with Gasteiger partial charge < -0.3 is 14.6 Å². The zero-order valence-electron chi connectivity index (χ0n) is 16.9. The van der Waals surface area contributed by atoms with Crippen LogP contribution in [-0.2, 0) is 26.2 Å². The van der Waals surface area contributed by atoms with Crippen molar-refractivity contribution in [2.24, 2.45) is 0 Å². The van der Waals surface area contributed by atoms with Crippen LogP contribution in [0.1, 0.15) is 19.4 Å². The summed E-state index contributed by atoms with van der Waals surface area (Å²) in [6, 6.07) is 7.91. The highest BCUT2D eigenvalue weighted by molar-refractivity contribution is 7.86. The molecule has 2 aliphatic heterocycles. The highest BCUT2D eigenvalue weighted by atomic mass is 32.2. The molecule has 1 amide bonds. The Hall–Kier alpha value is -1.94. The highest BCUT2D eigenvalue weighted by Gasteiger charge is 2.37. The Bertz CT molecular complexity index is 971. The minimum absolute atomic E-state index is 0.0282. The first-order valence-electron chi connectivity index (χ1n) is 10.1. The molecule has 1 N–H and O–H groups in total. The first kappa shape index (κ1) is 20.3. The van der Waals surface area contributed by atoms with Crippen LogP contribution in [0.3, 0.4) is 0 Å². The molecule has 2 aromatic rings. The van der Waals surface area contributed by atoms with Gasteiger partial charge in [0.1, 0.15) is 0 Å². The minimum Gasteiger partial charge on any atom is -0.373 e. The number of aromatic nitrogens is 1. The molecular formula is C20H28N4O4S. The van der Waals surface area contributed by atoms with E-state index in [-0.39, 0.29) is 18.1 Å². The van der Waals surface area contributed by atoms with E-state index in [2.05, 4.69) is 4.98 Å². The van der Waals surface area contributed by atoms with Crippen molar-refractivity contribution >= 4 is 27.0 Å². The summed E-state index contributed by atoms with van der Waals surface area (Å²) in [6.45, 7) is 5.98. The van der Waals surface area contributed by atoms with Crippen molar-refractivity contribution in [2.75, 3.05) is 39.3 Å². The van der Waals surface area contributed by atoms with Crippen LogP contribution in [0.25, 0.3) is 10.9 Å². The van der Waals surface area contributed by atoms with Crippen LogP contribution in [0.5, 0.6) is 0 Å². The molecule has 0 saturated carbocycles. The highest BCUT2D eigenvalue weighted by Crippen LogP contribution is 2.21. The van der Waals surface area contributed by atoms with Crippen LogP contribution in [0.15, 0.2) is 30.5 Å². The summed E-state index contributed by atoms with van der Waals surface area (Å²) in [5, 5.41) is 1.05. The molecule has 1 aromatic heterocycles. The lowest BCUT2D eigenvalue weighted by Gasteiger charge is -2.40. The Labute approximate surface area is 171 Å². The van der Waals surface area contributed by atoms with Gasteiger partial charge in [-0.2, -0.15) is 17.0 Å². The van der Waals surface area contributed by atoms with E-state index in [4.69, 9.17) is 4.74 Å². The number of rotatable bonds is 4. The number of aromatic amines is 1. The number of nitrogens with one attached hydrogen (secondary N) is 1. The average molecular weight is 421 g/mol. The van der Waals surface area contributed by atoms with Crippen molar-refractivity contribution in [1.29, 1.82) is 0 Å². The Balaban J connectivity index is 1.37. The van der Waals surface area contributed by atoms with Crippen molar-refractivity contribution in [3.63, 3.8) is 0 Å². The number of ether oxygens (including phenoxy) is 1. The third-order valence-corrected chi connectivity index (χ3v) is 7.62. The van der Waals surface area contributed by atoms with Crippen molar-refractivity contribution in [3.05, 3.63) is 36.0 Å². The van der Waals surface area contributed by atoms with E-state index in [1.54, 1.807) is 4.90 Å². The van der Waals surface area contributed by atoms with Crippen molar-refractivity contribution < 1.29 is 17.9 Å². The predicted octanol–water partition coefficient (Wildman–Crippen LogP) is 1.21. The quantitative estimate of drug-likeness (QED) is 0.806. The van der Waals surface area contributed by atoms with Gasteiger partial charge in [0.25, 0.3) is 10.2 Å².